The number of benzene rings is 2. The van der Waals surface area contributed by atoms with E-state index in [1.165, 1.54) is 16.7 Å². The average Bonchev–Trinajstić information content (AvgIpc) is 2.53. The molecule has 0 aromatic heterocycles. The normalized spacial score (nSPS) is 13.8. The van der Waals surface area contributed by atoms with Gasteiger partial charge in [0.2, 0.25) is 0 Å². The second kappa shape index (κ2) is 6.13. The Labute approximate surface area is 136 Å². The minimum absolute atomic E-state index is 0.457. The van der Waals surface area contributed by atoms with Crippen molar-refractivity contribution in [3.05, 3.63) is 63.7 Å². The first-order chi connectivity index (χ1) is 10.6. The van der Waals surface area contributed by atoms with Crippen molar-refractivity contribution in [2.24, 2.45) is 4.99 Å². The molecule has 0 amide bonds. The third-order valence-electron chi connectivity index (χ3n) is 4.12. The first-order valence-electron chi connectivity index (χ1n) is 7.62. The summed E-state index contributed by atoms with van der Waals surface area (Å²) in [6.07, 6.45) is 0.923. The Hall–Kier alpha value is -1.80. The van der Waals surface area contributed by atoms with Crippen LogP contribution in [0.25, 0.3) is 0 Å². The third kappa shape index (κ3) is 2.64. The predicted octanol–water partition coefficient (Wildman–Crippen LogP) is 4.87. The van der Waals surface area contributed by atoms with Gasteiger partial charge in [-0.05, 0) is 35.6 Å². The van der Waals surface area contributed by atoms with Crippen LogP contribution in [-0.4, -0.2) is 19.4 Å². The summed E-state index contributed by atoms with van der Waals surface area (Å²) in [6, 6.07) is 12.5. The van der Waals surface area contributed by atoms with Crippen LogP contribution in [0, 0.1) is 0 Å². The summed E-state index contributed by atoms with van der Waals surface area (Å²) in [7, 11) is 1.65. The Kier molecular flexibility index (Phi) is 4.21. The highest BCUT2D eigenvalue weighted by atomic mass is 35.5. The summed E-state index contributed by atoms with van der Waals surface area (Å²) in [5.74, 6) is 1.16. The van der Waals surface area contributed by atoms with Crippen LogP contribution in [0.1, 0.15) is 42.0 Å². The lowest BCUT2D eigenvalue weighted by atomic mass is 9.88. The highest BCUT2D eigenvalue weighted by molar-refractivity contribution is 6.32. The zero-order chi connectivity index (χ0) is 15.7. The van der Waals surface area contributed by atoms with Crippen LogP contribution in [-0.2, 0) is 6.42 Å². The molecule has 0 bridgehead atoms. The number of hydrogen-bond acceptors (Lipinski definition) is 2. The van der Waals surface area contributed by atoms with E-state index >= 15 is 0 Å². The van der Waals surface area contributed by atoms with Gasteiger partial charge < -0.3 is 4.74 Å². The molecule has 0 N–H and O–H groups in total. The van der Waals surface area contributed by atoms with Crippen LogP contribution in [0.15, 0.2) is 41.4 Å². The maximum absolute atomic E-state index is 6.27. The van der Waals surface area contributed by atoms with E-state index in [9.17, 15) is 0 Å². The zero-order valence-electron chi connectivity index (χ0n) is 13.2. The van der Waals surface area contributed by atoms with Gasteiger partial charge >= 0.3 is 0 Å². The van der Waals surface area contributed by atoms with Crippen molar-refractivity contribution in [1.29, 1.82) is 0 Å². The number of methoxy groups -OCH3 is 1. The van der Waals surface area contributed by atoms with Gasteiger partial charge in [-0.15, -0.1) is 0 Å². The zero-order valence-corrected chi connectivity index (χ0v) is 13.9. The van der Waals surface area contributed by atoms with Crippen LogP contribution >= 0.6 is 11.6 Å². The van der Waals surface area contributed by atoms with Gasteiger partial charge in [0.15, 0.2) is 0 Å². The molecule has 2 nitrogen and oxygen atoms in total. The lowest BCUT2D eigenvalue weighted by Crippen LogP contribution is -2.16. The van der Waals surface area contributed by atoms with Gasteiger partial charge in [-0.2, -0.15) is 0 Å². The van der Waals surface area contributed by atoms with Gasteiger partial charge in [0.05, 0.1) is 17.8 Å². The topological polar surface area (TPSA) is 21.6 Å². The van der Waals surface area contributed by atoms with E-state index in [-0.39, 0.29) is 0 Å². The summed E-state index contributed by atoms with van der Waals surface area (Å²) in [5.41, 5.74) is 5.97. The quantitative estimate of drug-likeness (QED) is 0.792. The van der Waals surface area contributed by atoms with Crippen LogP contribution in [0.3, 0.4) is 0 Å². The van der Waals surface area contributed by atoms with E-state index in [2.05, 4.69) is 38.1 Å². The molecule has 114 valence electrons. The average molecular weight is 314 g/mol. The Bertz CT molecular complexity index is 734. The van der Waals surface area contributed by atoms with Crippen molar-refractivity contribution >= 4 is 17.3 Å². The van der Waals surface area contributed by atoms with E-state index in [0.717, 1.165) is 24.2 Å². The van der Waals surface area contributed by atoms with E-state index < -0.39 is 0 Å². The molecule has 0 fully saturated rings. The fourth-order valence-corrected chi connectivity index (χ4v) is 3.26. The fourth-order valence-electron chi connectivity index (χ4n) is 3.00. The molecule has 3 heteroatoms. The van der Waals surface area contributed by atoms with Crippen molar-refractivity contribution < 1.29 is 4.74 Å². The van der Waals surface area contributed by atoms with E-state index in [4.69, 9.17) is 21.3 Å². The minimum Gasteiger partial charge on any atom is -0.495 e. The van der Waals surface area contributed by atoms with E-state index in [0.29, 0.717) is 16.7 Å². The van der Waals surface area contributed by atoms with Gasteiger partial charge in [-0.25, -0.2) is 0 Å². The number of nitrogens with zero attached hydrogens (tertiary/aromatic N) is 1. The molecule has 1 heterocycles. The first-order valence-corrected chi connectivity index (χ1v) is 8.00. The third-order valence-corrected chi connectivity index (χ3v) is 4.42. The monoisotopic (exact) mass is 313 g/mol. The molecule has 1 aliphatic heterocycles. The molecule has 0 atom stereocenters. The summed E-state index contributed by atoms with van der Waals surface area (Å²) in [5, 5.41) is 0.666. The second-order valence-electron chi connectivity index (χ2n) is 5.87. The highest BCUT2D eigenvalue weighted by Crippen LogP contribution is 2.33. The van der Waals surface area contributed by atoms with Gasteiger partial charge in [-0.1, -0.05) is 49.7 Å². The van der Waals surface area contributed by atoms with E-state index in [1.54, 1.807) is 7.11 Å². The maximum Gasteiger partial charge on any atom is 0.138 e. The van der Waals surface area contributed by atoms with Crippen LogP contribution in [0.5, 0.6) is 5.75 Å². The fraction of sp³-hybridized carbons (Fsp3) is 0.316. The van der Waals surface area contributed by atoms with Crippen molar-refractivity contribution in [2.45, 2.75) is 26.2 Å². The summed E-state index contributed by atoms with van der Waals surface area (Å²) in [4.78, 5) is 4.81. The molecule has 3 rings (SSSR count). The van der Waals surface area contributed by atoms with Gasteiger partial charge in [-0.3, -0.25) is 4.99 Å². The molecule has 0 saturated carbocycles. The summed E-state index contributed by atoms with van der Waals surface area (Å²) in [6.45, 7) is 5.23. The lowest BCUT2D eigenvalue weighted by molar-refractivity contribution is 0.414. The van der Waals surface area contributed by atoms with Crippen molar-refractivity contribution in [2.75, 3.05) is 13.7 Å². The number of hydrogen-bond donors (Lipinski definition) is 0. The molecule has 22 heavy (non-hydrogen) atoms. The Morgan fingerprint density at radius 3 is 2.64 bits per heavy atom. The van der Waals surface area contributed by atoms with Crippen molar-refractivity contribution in [3.8, 4) is 5.75 Å². The molecule has 2 aromatic rings. The van der Waals surface area contributed by atoms with Gasteiger partial charge in [0, 0.05) is 17.7 Å². The molecule has 0 radical (unpaired) electrons. The van der Waals surface area contributed by atoms with Crippen LogP contribution in [0.4, 0.5) is 0 Å². The minimum atomic E-state index is 0.457. The van der Waals surface area contributed by atoms with E-state index in [1.807, 2.05) is 12.1 Å². The Morgan fingerprint density at radius 1 is 1.14 bits per heavy atom. The largest absolute Gasteiger partial charge is 0.495 e. The first kappa shape index (κ1) is 15.1. The highest BCUT2D eigenvalue weighted by Gasteiger charge is 2.21. The van der Waals surface area contributed by atoms with Gasteiger partial charge in [0.25, 0.3) is 0 Å². The molecule has 1 aliphatic rings. The number of rotatable bonds is 3. The van der Waals surface area contributed by atoms with Crippen molar-refractivity contribution in [3.63, 3.8) is 0 Å². The number of ether oxygens (including phenoxy) is 1. The maximum atomic E-state index is 6.27. The summed E-state index contributed by atoms with van der Waals surface area (Å²) >= 11 is 6.27. The molecular formula is C19H20ClNO. The number of aliphatic imine (C=N–C) groups is 1. The van der Waals surface area contributed by atoms with Crippen molar-refractivity contribution in [1.82, 2.24) is 0 Å². The SMILES string of the molecule is COc1cc2c(cc1Cl)CCN=C2c1ccccc1C(C)C. The van der Waals surface area contributed by atoms with Crippen LogP contribution < -0.4 is 4.74 Å². The van der Waals surface area contributed by atoms with Crippen LogP contribution in [0.2, 0.25) is 5.02 Å². The molecule has 0 aliphatic carbocycles. The second-order valence-corrected chi connectivity index (χ2v) is 6.27. The Balaban J connectivity index is 2.17. The predicted molar refractivity (Wildman–Crippen MR) is 92.7 cm³/mol. The molecule has 2 aromatic carbocycles. The summed E-state index contributed by atoms with van der Waals surface area (Å²) < 4.78 is 5.39. The number of halogens is 1. The number of fused-ring (bicyclic) bond motifs is 1. The standard InChI is InChI=1S/C19H20ClNO/c1-12(2)14-6-4-5-7-15(14)19-16-11-18(22-3)17(20)10-13(16)8-9-21-19/h4-7,10-12H,8-9H2,1-3H3. The molecular weight excluding hydrogens is 294 g/mol. The smallest absolute Gasteiger partial charge is 0.138 e. The lowest BCUT2D eigenvalue weighted by Gasteiger charge is -2.21. The molecule has 0 spiro atoms. The molecule has 0 unspecified atom stereocenters. The Morgan fingerprint density at radius 2 is 1.91 bits per heavy atom. The van der Waals surface area contributed by atoms with Gasteiger partial charge in [0.1, 0.15) is 5.75 Å². The molecule has 0 saturated heterocycles.